The third kappa shape index (κ3) is 8.45. The summed E-state index contributed by atoms with van der Waals surface area (Å²) < 4.78 is 0. The van der Waals surface area contributed by atoms with Crippen LogP contribution < -0.4 is 5.53 Å². The lowest BCUT2D eigenvalue weighted by atomic mass is 10.1. The van der Waals surface area contributed by atoms with Gasteiger partial charge in [0.25, 0.3) is 0 Å². The minimum Gasteiger partial charge on any atom is -0.220 e. The fourth-order valence-corrected chi connectivity index (χ4v) is 2.32. The molecule has 1 aliphatic rings. The average Bonchev–Trinajstić information content (AvgIpc) is 2.89. The van der Waals surface area contributed by atoms with Gasteiger partial charge in [-0.2, -0.15) is 10.1 Å². The Morgan fingerprint density at radius 1 is 0.833 bits per heavy atom. The Balaban J connectivity index is 1.68. The third-order valence-electron chi connectivity index (χ3n) is 3.52. The Kier molecular flexibility index (Phi) is 9.81. The quantitative estimate of drug-likeness (QED) is 0.523. The summed E-state index contributed by atoms with van der Waals surface area (Å²) in [5.41, 5.74) is 2.88. The fraction of sp³-hybridized carbons (Fsp3) is 1.00. The summed E-state index contributed by atoms with van der Waals surface area (Å²) in [6, 6.07) is 0. The van der Waals surface area contributed by atoms with Gasteiger partial charge in [0.1, 0.15) is 6.67 Å². The molecule has 0 aromatic heterocycles. The highest BCUT2D eigenvalue weighted by atomic mass is 15.8. The average molecular weight is 254 g/mol. The predicted octanol–water partition coefficient (Wildman–Crippen LogP) is 4.44. The third-order valence-corrected chi connectivity index (χ3v) is 3.52. The summed E-state index contributed by atoms with van der Waals surface area (Å²) >= 11 is 0. The van der Waals surface area contributed by atoms with Crippen LogP contribution in [0.15, 0.2) is 10.3 Å². The van der Waals surface area contributed by atoms with Crippen molar-refractivity contribution in [1.29, 1.82) is 0 Å². The predicted molar refractivity (Wildman–Crippen MR) is 76.0 cm³/mol. The van der Waals surface area contributed by atoms with Crippen LogP contribution in [-0.4, -0.2) is 18.2 Å². The summed E-state index contributed by atoms with van der Waals surface area (Å²) in [7, 11) is 0. The first-order valence-corrected chi connectivity index (χ1v) is 7.80. The summed E-state index contributed by atoms with van der Waals surface area (Å²) in [6.45, 7) is 4.07. The van der Waals surface area contributed by atoms with Crippen LogP contribution in [0.25, 0.3) is 0 Å². The van der Waals surface area contributed by atoms with Gasteiger partial charge in [-0.25, -0.2) is 5.53 Å². The van der Waals surface area contributed by atoms with E-state index < -0.39 is 0 Å². The summed E-state index contributed by atoms with van der Waals surface area (Å²) in [6.07, 6.45) is 15.4. The number of hydrogen-bond acceptors (Lipinski definition) is 4. The lowest BCUT2D eigenvalue weighted by Crippen LogP contribution is -2.30. The molecule has 0 amide bonds. The lowest BCUT2D eigenvalue weighted by molar-refractivity contribution is 0.231. The molecule has 0 saturated heterocycles. The van der Waals surface area contributed by atoms with Gasteiger partial charge < -0.3 is 0 Å². The van der Waals surface area contributed by atoms with Crippen molar-refractivity contribution >= 4 is 0 Å². The van der Waals surface area contributed by atoms with Gasteiger partial charge in [-0.05, 0) is 6.42 Å². The van der Waals surface area contributed by atoms with Crippen LogP contribution in [-0.2, 0) is 0 Å². The van der Waals surface area contributed by atoms with Crippen LogP contribution in [0.1, 0.15) is 77.6 Å². The topological polar surface area (TPSA) is 40.0 Å². The summed E-state index contributed by atoms with van der Waals surface area (Å²) in [5, 5.41) is 9.67. The van der Waals surface area contributed by atoms with Gasteiger partial charge in [-0.1, -0.05) is 76.4 Å². The van der Waals surface area contributed by atoms with Crippen molar-refractivity contribution in [3.05, 3.63) is 0 Å². The summed E-state index contributed by atoms with van der Waals surface area (Å²) in [5.74, 6) is 0. The normalized spacial score (nSPS) is 15.2. The van der Waals surface area contributed by atoms with E-state index in [2.05, 4.69) is 27.8 Å². The van der Waals surface area contributed by atoms with Gasteiger partial charge in [-0.3, -0.25) is 0 Å². The van der Waals surface area contributed by atoms with E-state index in [1.54, 1.807) is 0 Å². The molecule has 0 radical (unpaired) electrons. The summed E-state index contributed by atoms with van der Waals surface area (Å²) in [4.78, 5) is 0. The van der Waals surface area contributed by atoms with Gasteiger partial charge >= 0.3 is 0 Å². The van der Waals surface area contributed by atoms with E-state index in [1.807, 2.05) is 0 Å². The van der Waals surface area contributed by atoms with E-state index in [-0.39, 0.29) is 0 Å². The molecule has 106 valence electrons. The highest BCUT2D eigenvalue weighted by molar-refractivity contribution is 4.53. The van der Waals surface area contributed by atoms with Crippen LogP contribution in [0.2, 0.25) is 0 Å². The van der Waals surface area contributed by atoms with Crippen molar-refractivity contribution in [2.45, 2.75) is 77.6 Å². The van der Waals surface area contributed by atoms with Crippen molar-refractivity contribution < 1.29 is 0 Å². The molecule has 0 aliphatic carbocycles. The van der Waals surface area contributed by atoms with E-state index in [9.17, 15) is 0 Å². The fourth-order valence-electron chi connectivity index (χ4n) is 2.32. The molecule has 0 unspecified atom stereocenters. The van der Waals surface area contributed by atoms with Crippen molar-refractivity contribution in [1.82, 2.24) is 10.5 Å². The minimum atomic E-state index is 0.720. The zero-order valence-corrected chi connectivity index (χ0v) is 12.0. The first-order chi connectivity index (χ1) is 8.93. The second-order valence-electron chi connectivity index (χ2n) is 5.28. The Morgan fingerprint density at radius 3 is 1.89 bits per heavy atom. The van der Waals surface area contributed by atoms with Gasteiger partial charge in [0.05, 0.1) is 0 Å². The lowest BCUT2D eigenvalue weighted by Gasteiger charge is -2.11. The number of nitrogens with zero attached hydrogens (tertiary/aromatic N) is 3. The molecule has 1 rings (SSSR count). The van der Waals surface area contributed by atoms with Gasteiger partial charge in [0.2, 0.25) is 0 Å². The highest BCUT2D eigenvalue weighted by Gasteiger charge is 2.05. The monoisotopic (exact) mass is 254 g/mol. The van der Waals surface area contributed by atoms with E-state index in [4.69, 9.17) is 0 Å². The largest absolute Gasteiger partial charge is 0.220 e. The Labute approximate surface area is 112 Å². The number of hydrazine groups is 1. The molecule has 1 heterocycles. The van der Waals surface area contributed by atoms with Gasteiger partial charge in [0, 0.05) is 6.54 Å². The van der Waals surface area contributed by atoms with Crippen LogP contribution in [0.5, 0.6) is 0 Å². The molecule has 1 N–H and O–H groups in total. The van der Waals surface area contributed by atoms with Gasteiger partial charge in [0.15, 0.2) is 0 Å². The standard InChI is InChI=1S/C14H30N4/c1-2-3-4-5-6-7-8-9-10-11-12-13-18-14-15-16-17-18/h2-14H2,1H3,(H,15,17). The van der Waals surface area contributed by atoms with Crippen molar-refractivity contribution in [2.75, 3.05) is 13.2 Å². The molecule has 0 saturated carbocycles. The number of hydrogen-bond donors (Lipinski definition) is 1. The smallest absolute Gasteiger partial charge is 0.133 e. The Morgan fingerprint density at radius 2 is 1.39 bits per heavy atom. The minimum absolute atomic E-state index is 0.720. The molecule has 0 fully saturated rings. The molecule has 4 nitrogen and oxygen atoms in total. The number of nitrogens with one attached hydrogen (secondary N) is 1. The molecule has 0 aromatic carbocycles. The van der Waals surface area contributed by atoms with Crippen LogP contribution in [0.3, 0.4) is 0 Å². The maximum absolute atomic E-state index is 3.87. The molecule has 0 spiro atoms. The Bertz CT molecular complexity index is 198. The Hall–Kier alpha value is -0.640. The second kappa shape index (κ2) is 11.5. The van der Waals surface area contributed by atoms with E-state index >= 15 is 0 Å². The first kappa shape index (κ1) is 15.4. The molecule has 18 heavy (non-hydrogen) atoms. The SMILES string of the molecule is CCCCCCCCCCCCCN1CN=NN1. The van der Waals surface area contributed by atoms with Crippen molar-refractivity contribution in [3.8, 4) is 0 Å². The maximum atomic E-state index is 3.87. The van der Waals surface area contributed by atoms with Crippen LogP contribution in [0, 0.1) is 0 Å². The highest BCUT2D eigenvalue weighted by Crippen LogP contribution is 2.11. The molecule has 0 atom stereocenters. The van der Waals surface area contributed by atoms with Crippen molar-refractivity contribution in [3.63, 3.8) is 0 Å². The molecule has 1 aliphatic heterocycles. The molecule has 4 heteroatoms. The van der Waals surface area contributed by atoms with Crippen LogP contribution >= 0.6 is 0 Å². The molecule has 0 aromatic rings. The molecule has 0 bridgehead atoms. The molecular weight excluding hydrogens is 224 g/mol. The van der Waals surface area contributed by atoms with E-state index in [0.29, 0.717) is 0 Å². The number of rotatable bonds is 12. The van der Waals surface area contributed by atoms with Crippen molar-refractivity contribution in [2.24, 2.45) is 10.3 Å². The van der Waals surface area contributed by atoms with Crippen LogP contribution in [0.4, 0.5) is 0 Å². The number of unbranched alkanes of at least 4 members (excludes halogenated alkanes) is 10. The van der Waals surface area contributed by atoms with Gasteiger partial charge in [-0.15, -0.1) is 0 Å². The second-order valence-corrected chi connectivity index (χ2v) is 5.28. The maximum Gasteiger partial charge on any atom is 0.133 e. The zero-order chi connectivity index (χ0) is 12.9. The molecular formula is C14H30N4. The zero-order valence-electron chi connectivity index (χ0n) is 12.0. The van der Waals surface area contributed by atoms with E-state index in [0.717, 1.165) is 13.2 Å². The first-order valence-electron chi connectivity index (χ1n) is 7.80. The van der Waals surface area contributed by atoms with E-state index in [1.165, 1.54) is 70.6 Å².